The van der Waals surface area contributed by atoms with E-state index in [1.54, 1.807) is 0 Å². The molecule has 0 saturated carbocycles. The molecule has 5 heteroatoms. The minimum atomic E-state index is -0.146. The fourth-order valence-corrected chi connectivity index (χ4v) is 2.26. The van der Waals surface area contributed by atoms with E-state index in [0.717, 1.165) is 17.4 Å². The van der Waals surface area contributed by atoms with Crippen LogP contribution < -0.4 is 5.32 Å². The number of aryl methyl sites for hydroxylation is 1. The lowest BCUT2D eigenvalue weighted by Crippen LogP contribution is -2.33. The van der Waals surface area contributed by atoms with Gasteiger partial charge in [-0.15, -0.1) is 0 Å². The Hall–Kier alpha value is -1.85. The SMILES string of the molecule is CCc1ccc2occ(C(=O)NCC3COCO3)c2c1. The average molecular weight is 275 g/mol. The summed E-state index contributed by atoms with van der Waals surface area (Å²) in [4.78, 5) is 12.2. The second-order valence-electron chi connectivity index (χ2n) is 4.82. The fraction of sp³-hybridized carbons (Fsp3) is 0.400. The van der Waals surface area contributed by atoms with Gasteiger partial charge in [0.2, 0.25) is 0 Å². The first-order chi connectivity index (χ1) is 9.78. The van der Waals surface area contributed by atoms with Crippen LogP contribution in [0.5, 0.6) is 0 Å². The number of fused-ring (bicyclic) bond motifs is 1. The molecule has 0 bridgehead atoms. The summed E-state index contributed by atoms with van der Waals surface area (Å²) in [5.41, 5.74) is 2.47. The van der Waals surface area contributed by atoms with Crippen LogP contribution in [-0.4, -0.2) is 32.0 Å². The second-order valence-corrected chi connectivity index (χ2v) is 4.82. The number of nitrogens with one attached hydrogen (secondary N) is 1. The molecule has 1 aromatic carbocycles. The summed E-state index contributed by atoms with van der Waals surface area (Å²) >= 11 is 0. The van der Waals surface area contributed by atoms with E-state index in [2.05, 4.69) is 12.2 Å². The summed E-state index contributed by atoms with van der Waals surface area (Å²) in [6.07, 6.45) is 2.37. The van der Waals surface area contributed by atoms with Gasteiger partial charge in [-0.1, -0.05) is 13.0 Å². The summed E-state index contributed by atoms with van der Waals surface area (Å²) in [6, 6.07) is 5.92. The van der Waals surface area contributed by atoms with Gasteiger partial charge in [0, 0.05) is 11.9 Å². The third-order valence-electron chi connectivity index (χ3n) is 3.47. The molecule has 1 aliphatic rings. The Kier molecular flexibility index (Phi) is 3.71. The van der Waals surface area contributed by atoms with Crippen molar-refractivity contribution in [1.29, 1.82) is 0 Å². The predicted molar refractivity (Wildman–Crippen MR) is 73.6 cm³/mol. The monoisotopic (exact) mass is 275 g/mol. The molecule has 1 aromatic heterocycles. The van der Waals surface area contributed by atoms with E-state index in [-0.39, 0.29) is 12.0 Å². The minimum absolute atomic E-state index is 0.0664. The van der Waals surface area contributed by atoms with E-state index in [0.29, 0.717) is 25.5 Å². The van der Waals surface area contributed by atoms with Crippen molar-refractivity contribution in [2.24, 2.45) is 0 Å². The number of amides is 1. The van der Waals surface area contributed by atoms with Crippen molar-refractivity contribution in [2.45, 2.75) is 19.4 Å². The summed E-state index contributed by atoms with van der Waals surface area (Å²) in [5, 5.41) is 3.70. The lowest BCUT2D eigenvalue weighted by Gasteiger charge is -2.08. The van der Waals surface area contributed by atoms with Gasteiger partial charge in [0.15, 0.2) is 0 Å². The predicted octanol–water partition coefficient (Wildman–Crippen LogP) is 2.10. The zero-order chi connectivity index (χ0) is 13.9. The molecular formula is C15H17NO4. The largest absolute Gasteiger partial charge is 0.463 e. The molecule has 2 heterocycles. The molecule has 0 aliphatic carbocycles. The highest BCUT2D eigenvalue weighted by Gasteiger charge is 2.19. The first kappa shape index (κ1) is 13.1. The Morgan fingerprint density at radius 2 is 2.35 bits per heavy atom. The molecule has 1 N–H and O–H groups in total. The van der Waals surface area contributed by atoms with E-state index in [1.165, 1.54) is 11.8 Å². The molecule has 1 atom stereocenters. The van der Waals surface area contributed by atoms with Gasteiger partial charge in [-0.3, -0.25) is 4.79 Å². The first-order valence-electron chi connectivity index (χ1n) is 6.75. The standard InChI is InChI=1S/C15H17NO4/c1-2-10-3-4-14-12(5-10)13(8-19-14)15(17)16-6-11-7-18-9-20-11/h3-5,8,11H,2,6-7,9H2,1H3,(H,16,17). The zero-order valence-electron chi connectivity index (χ0n) is 11.3. The molecule has 2 aromatic rings. The number of hydrogen-bond donors (Lipinski definition) is 1. The number of hydrogen-bond acceptors (Lipinski definition) is 4. The third-order valence-corrected chi connectivity index (χ3v) is 3.47. The normalized spacial score (nSPS) is 18.6. The maximum absolute atomic E-state index is 12.2. The van der Waals surface area contributed by atoms with Crippen LogP contribution in [0.15, 0.2) is 28.9 Å². The van der Waals surface area contributed by atoms with Gasteiger partial charge in [-0.05, 0) is 24.1 Å². The lowest BCUT2D eigenvalue weighted by atomic mass is 10.1. The van der Waals surface area contributed by atoms with Crippen LogP contribution in [0.3, 0.4) is 0 Å². The van der Waals surface area contributed by atoms with Gasteiger partial charge in [0.1, 0.15) is 24.7 Å². The van der Waals surface area contributed by atoms with E-state index >= 15 is 0 Å². The highest BCUT2D eigenvalue weighted by atomic mass is 16.7. The highest BCUT2D eigenvalue weighted by molar-refractivity contribution is 6.06. The van der Waals surface area contributed by atoms with Gasteiger partial charge >= 0.3 is 0 Å². The van der Waals surface area contributed by atoms with E-state index in [9.17, 15) is 4.79 Å². The van der Waals surface area contributed by atoms with Crippen LogP contribution in [0.4, 0.5) is 0 Å². The summed E-state index contributed by atoms with van der Waals surface area (Å²) in [7, 11) is 0. The Labute approximate surface area is 116 Å². The maximum Gasteiger partial charge on any atom is 0.255 e. The zero-order valence-corrected chi connectivity index (χ0v) is 11.3. The van der Waals surface area contributed by atoms with Gasteiger partial charge < -0.3 is 19.2 Å². The molecule has 5 nitrogen and oxygen atoms in total. The van der Waals surface area contributed by atoms with Crippen molar-refractivity contribution in [3.8, 4) is 0 Å². The van der Waals surface area contributed by atoms with Gasteiger partial charge in [-0.2, -0.15) is 0 Å². The van der Waals surface area contributed by atoms with Crippen molar-refractivity contribution in [3.63, 3.8) is 0 Å². The van der Waals surface area contributed by atoms with Crippen LogP contribution in [0, 0.1) is 0 Å². The molecule has 1 unspecified atom stereocenters. The van der Waals surface area contributed by atoms with E-state index < -0.39 is 0 Å². The van der Waals surface area contributed by atoms with Crippen molar-refractivity contribution in [2.75, 3.05) is 19.9 Å². The van der Waals surface area contributed by atoms with Crippen LogP contribution in [-0.2, 0) is 15.9 Å². The number of rotatable bonds is 4. The average Bonchev–Trinajstić information content (AvgIpc) is 3.13. The molecule has 1 amide bonds. The maximum atomic E-state index is 12.2. The first-order valence-corrected chi connectivity index (χ1v) is 6.75. The highest BCUT2D eigenvalue weighted by Crippen LogP contribution is 2.22. The summed E-state index contributed by atoms with van der Waals surface area (Å²) < 4.78 is 15.8. The molecule has 106 valence electrons. The van der Waals surface area contributed by atoms with Crippen molar-refractivity contribution in [1.82, 2.24) is 5.32 Å². The molecule has 1 fully saturated rings. The molecular weight excluding hydrogens is 258 g/mol. The van der Waals surface area contributed by atoms with Crippen molar-refractivity contribution >= 4 is 16.9 Å². The number of benzene rings is 1. The van der Waals surface area contributed by atoms with Gasteiger partial charge in [0.05, 0.1) is 12.2 Å². The Morgan fingerprint density at radius 1 is 1.45 bits per heavy atom. The quantitative estimate of drug-likeness (QED) is 0.928. The molecule has 1 aliphatic heterocycles. The van der Waals surface area contributed by atoms with Gasteiger partial charge in [-0.25, -0.2) is 0 Å². The second kappa shape index (κ2) is 5.64. The van der Waals surface area contributed by atoms with E-state index in [1.807, 2.05) is 18.2 Å². The van der Waals surface area contributed by atoms with E-state index in [4.69, 9.17) is 13.9 Å². The van der Waals surface area contributed by atoms with Crippen LogP contribution in [0.1, 0.15) is 22.8 Å². The molecule has 20 heavy (non-hydrogen) atoms. The third kappa shape index (κ3) is 2.55. The number of carbonyl (C=O) groups is 1. The van der Waals surface area contributed by atoms with Crippen LogP contribution >= 0.6 is 0 Å². The number of furan rings is 1. The molecule has 0 radical (unpaired) electrons. The molecule has 3 rings (SSSR count). The lowest BCUT2D eigenvalue weighted by molar-refractivity contribution is 0.0461. The Morgan fingerprint density at radius 3 is 3.10 bits per heavy atom. The van der Waals surface area contributed by atoms with Gasteiger partial charge in [0.25, 0.3) is 5.91 Å². The fourth-order valence-electron chi connectivity index (χ4n) is 2.26. The smallest absolute Gasteiger partial charge is 0.255 e. The summed E-state index contributed by atoms with van der Waals surface area (Å²) in [5.74, 6) is -0.146. The summed E-state index contributed by atoms with van der Waals surface area (Å²) in [6.45, 7) is 3.35. The van der Waals surface area contributed by atoms with Crippen LogP contribution in [0.2, 0.25) is 0 Å². The Balaban J connectivity index is 1.76. The van der Waals surface area contributed by atoms with Crippen LogP contribution in [0.25, 0.3) is 11.0 Å². The van der Waals surface area contributed by atoms with Crippen molar-refractivity contribution in [3.05, 3.63) is 35.6 Å². The number of ether oxygens (including phenoxy) is 2. The molecule has 0 spiro atoms. The Bertz CT molecular complexity index is 613. The topological polar surface area (TPSA) is 60.7 Å². The minimum Gasteiger partial charge on any atom is -0.463 e. The van der Waals surface area contributed by atoms with Crippen molar-refractivity contribution < 1.29 is 18.7 Å². The number of carbonyl (C=O) groups excluding carboxylic acids is 1. The molecule has 1 saturated heterocycles.